The number of nitrogens with zero attached hydrogens (tertiary/aromatic N) is 1. The first-order valence-corrected chi connectivity index (χ1v) is 5.40. The lowest BCUT2D eigenvalue weighted by atomic mass is 10.2. The van der Waals surface area contributed by atoms with Crippen LogP contribution in [0, 0.1) is 0 Å². The first-order valence-electron chi connectivity index (χ1n) is 3.86. The molecule has 0 atom stereocenters. The van der Waals surface area contributed by atoms with E-state index < -0.39 is 26.9 Å². The Morgan fingerprint density at radius 2 is 2.07 bits per heavy atom. The summed E-state index contributed by atoms with van der Waals surface area (Å²) in [5, 5.41) is 4.77. The van der Waals surface area contributed by atoms with Gasteiger partial charge >= 0.3 is 0 Å². The van der Waals surface area contributed by atoms with Crippen molar-refractivity contribution in [2.75, 3.05) is 0 Å². The summed E-state index contributed by atoms with van der Waals surface area (Å²) in [7, 11) is -4.02. The highest BCUT2D eigenvalue weighted by Crippen LogP contribution is 2.23. The molecule has 1 aromatic heterocycles. The van der Waals surface area contributed by atoms with Crippen molar-refractivity contribution in [1.29, 1.82) is 0 Å². The van der Waals surface area contributed by atoms with E-state index in [0.717, 1.165) is 12.3 Å². The van der Waals surface area contributed by atoms with Gasteiger partial charge in [0.15, 0.2) is 0 Å². The zero-order valence-corrected chi connectivity index (χ0v) is 8.34. The molecule has 0 aliphatic carbocycles. The Bertz CT molecular complexity index is 461. The molecule has 0 aliphatic heterocycles. The van der Waals surface area contributed by atoms with Crippen molar-refractivity contribution in [3.8, 4) is 0 Å². The van der Waals surface area contributed by atoms with Gasteiger partial charge in [-0.25, -0.2) is 22.3 Å². The Morgan fingerprint density at radius 3 is 2.47 bits per heavy atom. The molecule has 0 aromatic carbocycles. The Labute approximate surface area is 85.2 Å². The van der Waals surface area contributed by atoms with E-state index in [4.69, 9.17) is 10.9 Å². The quantitative estimate of drug-likeness (QED) is 0.780. The number of pyridine rings is 1. The highest BCUT2D eigenvalue weighted by atomic mass is 32.2. The third kappa shape index (κ3) is 2.67. The molecule has 1 rings (SSSR count). The van der Waals surface area contributed by atoms with Crippen LogP contribution in [0.2, 0.25) is 0 Å². The maximum Gasteiger partial charge on any atom is 0.265 e. The fourth-order valence-corrected chi connectivity index (χ4v) is 1.50. The van der Waals surface area contributed by atoms with E-state index in [1.807, 2.05) is 0 Å². The standard InChI is InChI=1S/C7H9F2N3O2S/c8-7(9)5-1-4(15(11,13)14)3-12-6(5)2-10/h1,3,7H,2,10H2,(H2,11,13,14). The average molecular weight is 237 g/mol. The topological polar surface area (TPSA) is 99.1 Å². The average Bonchev–Trinajstić information content (AvgIpc) is 2.15. The Hall–Kier alpha value is -1.12. The first-order chi connectivity index (χ1) is 6.86. The van der Waals surface area contributed by atoms with E-state index in [2.05, 4.69) is 4.98 Å². The molecule has 1 heterocycles. The van der Waals surface area contributed by atoms with Crippen LogP contribution in [0.1, 0.15) is 17.7 Å². The first kappa shape index (κ1) is 12.0. The molecule has 5 nitrogen and oxygen atoms in total. The molecular weight excluding hydrogens is 228 g/mol. The number of rotatable bonds is 3. The molecule has 8 heteroatoms. The molecular formula is C7H9F2N3O2S. The van der Waals surface area contributed by atoms with Crippen LogP contribution in [0.3, 0.4) is 0 Å². The number of halogens is 2. The number of aromatic nitrogens is 1. The molecule has 0 unspecified atom stereocenters. The van der Waals surface area contributed by atoms with E-state index in [0.29, 0.717) is 0 Å². The van der Waals surface area contributed by atoms with Crippen molar-refractivity contribution < 1.29 is 17.2 Å². The largest absolute Gasteiger partial charge is 0.325 e. The zero-order chi connectivity index (χ0) is 11.6. The fraction of sp³-hybridized carbons (Fsp3) is 0.286. The van der Waals surface area contributed by atoms with E-state index in [1.54, 1.807) is 0 Å². The predicted molar refractivity (Wildman–Crippen MR) is 48.5 cm³/mol. The minimum absolute atomic E-state index is 0.0441. The third-order valence-electron chi connectivity index (χ3n) is 1.74. The van der Waals surface area contributed by atoms with Gasteiger partial charge in [-0.15, -0.1) is 0 Å². The van der Waals surface area contributed by atoms with Crippen molar-refractivity contribution in [3.63, 3.8) is 0 Å². The number of sulfonamides is 1. The molecule has 0 radical (unpaired) electrons. The SMILES string of the molecule is NCc1ncc(S(N)(=O)=O)cc1C(F)F. The van der Waals surface area contributed by atoms with Gasteiger partial charge in [-0.1, -0.05) is 0 Å². The van der Waals surface area contributed by atoms with Crippen molar-refractivity contribution in [1.82, 2.24) is 4.98 Å². The van der Waals surface area contributed by atoms with E-state index in [-0.39, 0.29) is 12.2 Å². The second kappa shape index (κ2) is 4.17. The summed E-state index contributed by atoms with van der Waals surface area (Å²) in [5.41, 5.74) is 4.62. The van der Waals surface area contributed by atoms with Crippen LogP contribution < -0.4 is 10.9 Å². The molecule has 84 valence electrons. The van der Waals surface area contributed by atoms with Crippen LogP contribution in [0.25, 0.3) is 0 Å². The highest BCUT2D eigenvalue weighted by Gasteiger charge is 2.17. The van der Waals surface area contributed by atoms with Crippen molar-refractivity contribution >= 4 is 10.0 Å². The van der Waals surface area contributed by atoms with E-state index >= 15 is 0 Å². The highest BCUT2D eigenvalue weighted by molar-refractivity contribution is 7.89. The lowest BCUT2D eigenvalue weighted by molar-refractivity contribution is 0.149. The van der Waals surface area contributed by atoms with Gasteiger partial charge in [0.25, 0.3) is 6.43 Å². The molecule has 0 saturated carbocycles. The maximum atomic E-state index is 12.5. The van der Waals surface area contributed by atoms with Crippen LogP contribution in [0.4, 0.5) is 8.78 Å². The predicted octanol–water partition coefficient (Wildman–Crippen LogP) is 0.125. The molecule has 0 amide bonds. The Morgan fingerprint density at radius 1 is 1.47 bits per heavy atom. The summed E-state index contributed by atoms with van der Waals surface area (Å²) in [6, 6.07) is 0.787. The van der Waals surface area contributed by atoms with Gasteiger partial charge in [-0.05, 0) is 6.07 Å². The molecule has 0 saturated heterocycles. The van der Waals surface area contributed by atoms with Crippen LogP contribution >= 0.6 is 0 Å². The number of hydrogen-bond donors (Lipinski definition) is 2. The van der Waals surface area contributed by atoms with Gasteiger partial charge in [-0.3, -0.25) is 4.98 Å². The normalized spacial score (nSPS) is 12.1. The van der Waals surface area contributed by atoms with Crippen LogP contribution in [-0.4, -0.2) is 13.4 Å². The molecule has 0 spiro atoms. The van der Waals surface area contributed by atoms with Gasteiger partial charge in [0.1, 0.15) is 4.90 Å². The smallest absolute Gasteiger partial charge is 0.265 e. The summed E-state index contributed by atoms with van der Waals surface area (Å²) in [6.45, 7) is -0.190. The van der Waals surface area contributed by atoms with Gasteiger partial charge in [0.05, 0.1) is 5.69 Å². The second-order valence-electron chi connectivity index (χ2n) is 2.76. The van der Waals surface area contributed by atoms with Crippen LogP contribution in [-0.2, 0) is 16.6 Å². The summed E-state index contributed by atoms with van der Waals surface area (Å²) in [4.78, 5) is 3.07. The Kier molecular flexibility index (Phi) is 3.32. The molecule has 15 heavy (non-hydrogen) atoms. The molecule has 4 N–H and O–H groups in total. The molecule has 0 aliphatic rings. The number of primary sulfonamides is 1. The van der Waals surface area contributed by atoms with Crippen LogP contribution in [0.5, 0.6) is 0 Å². The number of hydrogen-bond acceptors (Lipinski definition) is 4. The Balaban J connectivity index is 3.35. The van der Waals surface area contributed by atoms with Crippen LogP contribution in [0.15, 0.2) is 17.2 Å². The maximum absolute atomic E-state index is 12.5. The monoisotopic (exact) mass is 237 g/mol. The second-order valence-corrected chi connectivity index (χ2v) is 4.32. The van der Waals surface area contributed by atoms with Gasteiger partial charge in [0, 0.05) is 18.3 Å². The summed E-state index contributed by atoms with van der Waals surface area (Å²) in [5.74, 6) is 0. The minimum atomic E-state index is -4.02. The van der Waals surface area contributed by atoms with Crippen molar-refractivity contribution in [3.05, 3.63) is 23.5 Å². The van der Waals surface area contributed by atoms with Crippen molar-refractivity contribution in [2.45, 2.75) is 17.9 Å². The number of alkyl halides is 2. The molecule has 1 aromatic rings. The minimum Gasteiger partial charge on any atom is -0.325 e. The molecule has 0 fully saturated rings. The van der Waals surface area contributed by atoms with Gasteiger partial charge < -0.3 is 5.73 Å². The van der Waals surface area contributed by atoms with Gasteiger partial charge in [-0.2, -0.15) is 0 Å². The lowest BCUT2D eigenvalue weighted by Crippen LogP contribution is -2.14. The molecule has 0 bridgehead atoms. The van der Waals surface area contributed by atoms with Crippen molar-refractivity contribution in [2.24, 2.45) is 10.9 Å². The summed E-state index contributed by atoms with van der Waals surface area (Å²) in [6.07, 6.45) is -1.93. The number of nitrogens with two attached hydrogens (primary N) is 2. The summed E-state index contributed by atoms with van der Waals surface area (Å²) >= 11 is 0. The lowest BCUT2D eigenvalue weighted by Gasteiger charge is -2.07. The van der Waals surface area contributed by atoms with E-state index in [9.17, 15) is 17.2 Å². The van der Waals surface area contributed by atoms with Gasteiger partial charge in [0.2, 0.25) is 10.0 Å². The fourth-order valence-electron chi connectivity index (χ4n) is 1.01. The zero-order valence-electron chi connectivity index (χ0n) is 7.52. The summed E-state index contributed by atoms with van der Waals surface area (Å²) < 4.78 is 46.6. The van der Waals surface area contributed by atoms with E-state index in [1.165, 1.54) is 0 Å². The third-order valence-corrected chi connectivity index (χ3v) is 2.62.